The van der Waals surface area contributed by atoms with E-state index in [1.165, 1.54) is 14.2 Å². The largest absolute Gasteiger partial charge is 0.497 e. The fraction of sp³-hybridized carbons (Fsp3) is 0.160. The summed E-state index contributed by atoms with van der Waals surface area (Å²) in [7, 11) is 4.60. The summed E-state index contributed by atoms with van der Waals surface area (Å²) in [6.45, 7) is -0.396. The van der Waals surface area contributed by atoms with Crippen molar-refractivity contribution in [2.45, 2.75) is 0 Å². The Bertz CT molecular complexity index is 1310. The number of methoxy groups -OCH3 is 3. The van der Waals surface area contributed by atoms with Crippen LogP contribution in [0.1, 0.15) is 20.7 Å². The number of hydrogen-bond acceptors (Lipinski definition) is 7. The molecule has 4 aromatic rings. The highest BCUT2D eigenvalue weighted by molar-refractivity contribution is 6.00. The van der Waals surface area contributed by atoms with Crippen molar-refractivity contribution in [2.24, 2.45) is 0 Å². The molecule has 1 heterocycles. The zero-order chi connectivity index (χ0) is 23.4. The highest BCUT2D eigenvalue weighted by Gasteiger charge is 2.15. The van der Waals surface area contributed by atoms with E-state index in [0.717, 1.165) is 11.3 Å². The lowest BCUT2D eigenvalue weighted by atomic mass is 10.1. The van der Waals surface area contributed by atoms with Crippen molar-refractivity contribution in [1.82, 2.24) is 9.97 Å². The number of carbonyl (C=O) groups excluding carboxylic acids is 2. The van der Waals surface area contributed by atoms with Gasteiger partial charge in [-0.1, -0.05) is 0 Å². The first kappa shape index (κ1) is 21.9. The van der Waals surface area contributed by atoms with Crippen molar-refractivity contribution in [1.29, 1.82) is 0 Å². The highest BCUT2D eigenvalue weighted by Crippen LogP contribution is 2.28. The highest BCUT2D eigenvalue weighted by atomic mass is 16.5. The molecule has 4 rings (SSSR count). The molecule has 8 heteroatoms. The number of hydrogen-bond donors (Lipinski definition) is 1. The standard InChI is InChI=1S/C25H22N2O6/c1-30-18-8-4-15(5-9-18)24-26-19-10-6-17(12-20(19)27-24)25(29)33-14-21(28)16-7-11-22(31-2)23(13-16)32-3/h4-13H,14H2,1-3H3,(H,26,27). The minimum atomic E-state index is -0.605. The van der Waals surface area contributed by atoms with Crippen LogP contribution in [0.15, 0.2) is 60.7 Å². The molecule has 0 aliphatic carbocycles. The summed E-state index contributed by atoms with van der Waals surface area (Å²) in [5.41, 5.74) is 2.94. The van der Waals surface area contributed by atoms with E-state index in [2.05, 4.69) is 9.97 Å². The van der Waals surface area contributed by atoms with Crippen LogP contribution < -0.4 is 14.2 Å². The second kappa shape index (κ2) is 9.44. The van der Waals surface area contributed by atoms with Crippen LogP contribution in [0.25, 0.3) is 22.4 Å². The van der Waals surface area contributed by atoms with Gasteiger partial charge in [-0.05, 0) is 60.7 Å². The number of fused-ring (bicyclic) bond motifs is 1. The monoisotopic (exact) mass is 446 g/mol. The molecule has 0 fully saturated rings. The molecular weight excluding hydrogens is 424 g/mol. The molecule has 1 N–H and O–H groups in total. The molecule has 0 amide bonds. The van der Waals surface area contributed by atoms with Gasteiger partial charge in [0.2, 0.25) is 0 Å². The molecule has 8 nitrogen and oxygen atoms in total. The van der Waals surface area contributed by atoms with Gasteiger partial charge in [0.25, 0.3) is 0 Å². The van der Waals surface area contributed by atoms with Gasteiger partial charge in [-0.3, -0.25) is 4.79 Å². The maximum atomic E-state index is 12.5. The number of carbonyl (C=O) groups is 2. The van der Waals surface area contributed by atoms with Crippen molar-refractivity contribution in [2.75, 3.05) is 27.9 Å². The van der Waals surface area contributed by atoms with Gasteiger partial charge in [0.05, 0.1) is 37.9 Å². The zero-order valence-corrected chi connectivity index (χ0v) is 18.4. The second-order valence-electron chi connectivity index (χ2n) is 7.11. The molecule has 0 aliphatic rings. The molecule has 0 unspecified atom stereocenters. The van der Waals surface area contributed by atoms with Crippen molar-refractivity contribution >= 4 is 22.8 Å². The molecule has 0 saturated carbocycles. The van der Waals surface area contributed by atoms with Gasteiger partial charge in [-0.15, -0.1) is 0 Å². The first-order valence-corrected chi connectivity index (χ1v) is 10.1. The third-order valence-electron chi connectivity index (χ3n) is 5.12. The molecule has 0 aliphatic heterocycles. The number of aromatic amines is 1. The fourth-order valence-corrected chi connectivity index (χ4v) is 3.33. The Morgan fingerprint density at radius 2 is 1.55 bits per heavy atom. The maximum Gasteiger partial charge on any atom is 0.338 e. The number of esters is 1. The van der Waals surface area contributed by atoms with Crippen LogP contribution in [0, 0.1) is 0 Å². The first-order valence-electron chi connectivity index (χ1n) is 10.1. The number of nitrogens with one attached hydrogen (secondary N) is 1. The van der Waals surface area contributed by atoms with Crippen molar-refractivity contribution in [3.8, 4) is 28.6 Å². The Hall–Kier alpha value is -4.33. The number of H-pyrrole nitrogens is 1. The van der Waals surface area contributed by atoms with Gasteiger partial charge < -0.3 is 23.9 Å². The number of ketones is 1. The Labute approximate surface area is 190 Å². The quantitative estimate of drug-likeness (QED) is 0.318. The second-order valence-corrected chi connectivity index (χ2v) is 7.11. The number of nitrogens with zero attached hydrogens (tertiary/aromatic N) is 1. The number of rotatable bonds is 8. The van der Waals surface area contributed by atoms with Crippen molar-refractivity contribution in [3.63, 3.8) is 0 Å². The maximum absolute atomic E-state index is 12.5. The summed E-state index contributed by atoms with van der Waals surface area (Å²) in [6.07, 6.45) is 0. The van der Waals surface area contributed by atoms with Gasteiger partial charge in [-0.25, -0.2) is 9.78 Å². The Balaban J connectivity index is 1.46. The van der Waals surface area contributed by atoms with Gasteiger partial charge in [0, 0.05) is 11.1 Å². The van der Waals surface area contributed by atoms with Crippen LogP contribution in [-0.2, 0) is 4.74 Å². The van der Waals surface area contributed by atoms with Crippen LogP contribution in [-0.4, -0.2) is 49.7 Å². The smallest absolute Gasteiger partial charge is 0.338 e. The average molecular weight is 446 g/mol. The lowest BCUT2D eigenvalue weighted by Gasteiger charge is -2.09. The summed E-state index contributed by atoms with van der Waals surface area (Å²) in [5.74, 6) is 1.39. The number of imidazole rings is 1. The van der Waals surface area contributed by atoms with Crippen LogP contribution in [0.2, 0.25) is 0 Å². The van der Waals surface area contributed by atoms with Crippen LogP contribution in [0.5, 0.6) is 17.2 Å². The van der Waals surface area contributed by atoms with Crippen molar-refractivity contribution in [3.05, 3.63) is 71.8 Å². The Morgan fingerprint density at radius 1 is 0.818 bits per heavy atom. The van der Waals surface area contributed by atoms with E-state index >= 15 is 0 Å². The topological polar surface area (TPSA) is 99.7 Å². The van der Waals surface area contributed by atoms with Crippen molar-refractivity contribution < 1.29 is 28.5 Å². The summed E-state index contributed by atoms with van der Waals surface area (Å²) < 4.78 is 20.8. The van der Waals surface area contributed by atoms with E-state index in [1.54, 1.807) is 43.5 Å². The molecule has 0 radical (unpaired) electrons. The fourth-order valence-electron chi connectivity index (χ4n) is 3.33. The van der Waals surface area contributed by atoms with Crippen LogP contribution in [0.4, 0.5) is 0 Å². The summed E-state index contributed by atoms with van der Waals surface area (Å²) >= 11 is 0. The lowest BCUT2D eigenvalue weighted by molar-refractivity contribution is 0.0475. The molecule has 0 saturated heterocycles. The number of benzene rings is 3. The molecule has 168 valence electrons. The molecule has 0 bridgehead atoms. The van der Waals surface area contributed by atoms with Crippen LogP contribution in [0.3, 0.4) is 0 Å². The first-order chi connectivity index (χ1) is 16.0. The lowest BCUT2D eigenvalue weighted by Crippen LogP contribution is -2.14. The number of aromatic nitrogens is 2. The zero-order valence-electron chi connectivity index (χ0n) is 18.4. The van der Waals surface area contributed by atoms with Gasteiger partial charge in [-0.2, -0.15) is 0 Å². The summed E-state index contributed by atoms with van der Waals surface area (Å²) in [4.78, 5) is 32.8. The van der Waals surface area contributed by atoms with E-state index in [4.69, 9.17) is 18.9 Å². The minimum absolute atomic E-state index is 0.313. The van der Waals surface area contributed by atoms with Crippen LogP contribution >= 0.6 is 0 Å². The molecular formula is C25H22N2O6. The minimum Gasteiger partial charge on any atom is -0.497 e. The predicted octanol–water partition coefficient (Wildman–Crippen LogP) is 4.30. The molecule has 1 aromatic heterocycles. The van der Waals surface area contributed by atoms with E-state index in [1.807, 2.05) is 24.3 Å². The molecule has 0 spiro atoms. The molecule has 0 atom stereocenters. The number of ether oxygens (including phenoxy) is 4. The van der Waals surface area contributed by atoms with Gasteiger partial charge >= 0.3 is 5.97 Å². The SMILES string of the molecule is COc1ccc(-c2nc3ccc(C(=O)OCC(=O)c4ccc(OC)c(OC)c4)cc3[nH]2)cc1. The number of Topliss-reactive ketones (excluding diaryl/α,β-unsaturated/α-hetero) is 1. The Morgan fingerprint density at radius 3 is 2.24 bits per heavy atom. The summed E-state index contributed by atoms with van der Waals surface area (Å²) in [5, 5.41) is 0. The van der Waals surface area contributed by atoms with Gasteiger partial charge in [0.1, 0.15) is 11.6 Å². The Kier molecular flexibility index (Phi) is 6.26. The van der Waals surface area contributed by atoms with E-state index < -0.39 is 12.6 Å². The predicted molar refractivity (Wildman–Crippen MR) is 122 cm³/mol. The summed E-state index contributed by atoms with van der Waals surface area (Å²) in [6, 6.07) is 17.2. The van der Waals surface area contributed by atoms with E-state index in [-0.39, 0.29) is 5.78 Å². The average Bonchev–Trinajstić information content (AvgIpc) is 3.30. The normalized spacial score (nSPS) is 10.6. The molecule has 3 aromatic carbocycles. The molecule has 33 heavy (non-hydrogen) atoms. The third kappa shape index (κ3) is 4.64. The third-order valence-corrected chi connectivity index (χ3v) is 5.12. The van der Waals surface area contributed by atoms with E-state index in [0.29, 0.717) is 39.5 Å². The van der Waals surface area contributed by atoms with Gasteiger partial charge in [0.15, 0.2) is 23.9 Å². The van der Waals surface area contributed by atoms with E-state index in [9.17, 15) is 9.59 Å².